The second-order valence-electron chi connectivity index (χ2n) is 18.6. The molecule has 1 spiro atoms. The van der Waals surface area contributed by atoms with Crippen LogP contribution in [0.2, 0.25) is 0 Å². The van der Waals surface area contributed by atoms with E-state index in [0.717, 1.165) is 11.4 Å². The largest absolute Gasteiger partial charge is 0.480 e. The number of nitrogens with one attached hydrogen (secondary N) is 4. The smallest absolute Gasteiger partial charge is 0.317 e. The van der Waals surface area contributed by atoms with E-state index in [1.165, 1.54) is 0 Å². The summed E-state index contributed by atoms with van der Waals surface area (Å²) in [5, 5.41) is 40.7. The van der Waals surface area contributed by atoms with E-state index in [2.05, 4.69) is 21.3 Å². The van der Waals surface area contributed by atoms with Crippen molar-refractivity contribution in [2.45, 2.75) is 88.9 Å². The molecule has 2 bridgehead atoms. The zero-order valence-corrected chi connectivity index (χ0v) is 45.9. The van der Waals surface area contributed by atoms with Gasteiger partial charge in [-0.3, -0.25) is 62.9 Å². The minimum atomic E-state index is -1.48. The molecule has 0 aliphatic carbocycles. The van der Waals surface area contributed by atoms with Crippen molar-refractivity contribution in [2.24, 2.45) is 11.8 Å². The molecular formula is C46H74N10O11S2Zn. The maximum atomic E-state index is 14.7. The van der Waals surface area contributed by atoms with E-state index in [1.807, 2.05) is 50.8 Å². The summed E-state index contributed by atoms with van der Waals surface area (Å²) < 4.78 is 0. The maximum Gasteiger partial charge on any atom is 0.317 e. The third-order valence-electron chi connectivity index (χ3n) is 12.7. The molecule has 0 saturated carbocycles. The maximum absolute atomic E-state index is 14.7. The molecule has 7 N–H and O–H groups in total. The van der Waals surface area contributed by atoms with Gasteiger partial charge in [0.1, 0.15) is 17.6 Å². The van der Waals surface area contributed by atoms with Crippen molar-refractivity contribution in [3.05, 3.63) is 29.6 Å². The third kappa shape index (κ3) is 21.0. The number of carbonyl (C=O) groups excluding carboxylic acids is 5. The van der Waals surface area contributed by atoms with Crippen LogP contribution in [-0.4, -0.2) is 220 Å². The molecule has 1 aromatic rings. The number of piperidine rings is 1. The number of rotatable bonds is 12. The second kappa shape index (κ2) is 30.8. The number of aromatic nitrogens is 1. The van der Waals surface area contributed by atoms with E-state index >= 15 is 0 Å². The first-order chi connectivity index (χ1) is 32.9. The normalized spacial score (nSPS) is 22.6. The first kappa shape index (κ1) is 60.4. The fraction of sp³-hybridized carbons (Fsp3) is 0.717. The van der Waals surface area contributed by atoms with Gasteiger partial charge < -0.3 is 41.5 Å². The monoisotopic (exact) mass is 1070 g/mol. The predicted octanol–water partition coefficient (Wildman–Crippen LogP) is 0.0800. The van der Waals surface area contributed by atoms with E-state index in [9.17, 15) is 53.7 Å². The number of thioether (sulfide) groups is 2. The van der Waals surface area contributed by atoms with Crippen molar-refractivity contribution in [1.82, 2.24) is 50.8 Å². The van der Waals surface area contributed by atoms with Crippen molar-refractivity contribution in [3.63, 3.8) is 0 Å². The molecular weight excluding hydrogens is 998 g/mol. The summed E-state index contributed by atoms with van der Waals surface area (Å²) >= 11 is 3.18. The average Bonchev–Trinajstić information content (AvgIpc) is 3.29. The van der Waals surface area contributed by atoms with Crippen LogP contribution >= 0.6 is 23.5 Å². The Kier molecular flexibility index (Phi) is 26.6. The van der Waals surface area contributed by atoms with Gasteiger partial charge in [-0.05, 0) is 43.2 Å². The molecule has 0 unspecified atom stereocenters. The van der Waals surface area contributed by atoms with Crippen molar-refractivity contribution >= 4 is 71.0 Å². The Morgan fingerprint density at radius 3 is 1.67 bits per heavy atom. The molecule has 4 heterocycles. The number of likely N-dealkylation sites (tertiary alicyclic amines) is 1. The van der Waals surface area contributed by atoms with Crippen LogP contribution in [0.25, 0.3) is 0 Å². The Bertz CT molecular complexity index is 1880. The van der Waals surface area contributed by atoms with Gasteiger partial charge in [0.25, 0.3) is 0 Å². The van der Waals surface area contributed by atoms with Gasteiger partial charge in [-0.2, -0.15) is 23.5 Å². The van der Waals surface area contributed by atoms with Crippen molar-refractivity contribution in [3.8, 4) is 0 Å². The van der Waals surface area contributed by atoms with Crippen LogP contribution in [-0.2, 0) is 69.3 Å². The minimum Gasteiger partial charge on any atom is -0.480 e. The van der Waals surface area contributed by atoms with Gasteiger partial charge in [0.05, 0.1) is 37.6 Å². The number of carbonyl (C=O) groups is 8. The van der Waals surface area contributed by atoms with E-state index in [4.69, 9.17) is 4.98 Å². The molecule has 2 fully saturated rings. The Balaban J connectivity index is 0.0000130. The summed E-state index contributed by atoms with van der Waals surface area (Å²) in [4.78, 5) is 119. The molecule has 388 valence electrons. The Morgan fingerprint density at radius 1 is 0.714 bits per heavy atom. The standard InChI is InChI=1S/C46H74N10O11S2.Zn/c1-5-33(4)42-44(66)47-12-24-69-31-35-8-6-7-34(48-35)30-68-23-9-37(57)51-46(45(67)49-36(25-32(2)3)43(65)50-42)10-13-56(14-11-46)38(58)26-52-15-17-53(27-39(59)60)19-21-55(29-41(63)64)22-20-54(18-16-52)28-40(61)62;/h6-8,32-33,36,42H,5,9-31H2,1-4H3,(H,47,66)(H,49,67)(H,50,65)(H,51,57)(H,59,60)(H,61,62)(H,63,64);/t33-,36-,42-;/m0./s1. The first-order valence-electron chi connectivity index (χ1n) is 24.0. The molecule has 24 heteroatoms. The SMILES string of the molecule is CC[C@H](C)[C@@H]1NC(=O)[C@H](CC(C)C)NC(=O)C2(CCN(C(=O)CN3CCN(CC(=O)O)CCN(CC(=O)O)CCN(CC(=O)O)CC3)CC2)NC(=O)CCSCc2cccc(n2)CSCCNC1=O.[Zn]. The second-order valence-corrected chi connectivity index (χ2v) is 20.8. The van der Waals surface area contributed by atoms with Gasteiger partial charge in [0.15, 0.2) is 0 Å². The van der Waals surface area contributed by atoms with Gasteiger partial charge >= 0.3 is 17.9 Å². The van der Waals surface area contributed by atoms with E-state index < -0.39 is 47.3 Å². The number of pyridine rings is 1. The molecule has 5 amide bonds. The van der Waals surface area contributed by atoms with Gasteiger partial charge in [0.2, 0.25) is 29.5 Å². The molecule has 3 atom stereocenters. The molecule has 3 aliphatic heterocycles. The van der Waals surface area contributed by atoms with Crippen LogP contribution in [0.5, 0.6) is 0 Å². The summed E-state index contributed by atoms with van der Waals surface area (Å²) in [5.74, 6) is -3.15. The van der Waals surface area contributed by atoms with Crippen LogP contribution in [0, 0.1) is 11.8 Å². The minimum absolute atomic E-state index is 0. The van der Waals surface area contributed by atoms with E-state index in [1.54, 1.807) is 43.1 Å². The summed E-state index contributed by atoms with van der Waals surface area (Å²) in [6.07, 6.45) is 1.05. The van der Waals surface area contributed by atoms with E-state index in [-0.39, 0.29) is 166 Å². The Morgan fingerprint density at radius 2 is 1.20 bits per heavy atom. The van der Waals surface area contributed by atoms with Crippen molar-refractivity contribution in [1.29, 1.82) is 0 Å². The fourth-order valence-corrected chi connectivity index (χ4v) is 10.1. The van der Waals surface area contributed by atoms with Gasteiger partial charge in [-0.25, -0.2) is 0 Å². The first-order valence-corrected chi connectivity index (χ1v) is 26.3. The van der Waals surface area contributed by atoms with Gasteiger partial charge in [0, 0.05) is 121 Å². The Labute approximate surface area is 432 Å². The van der Waals surface area contributed by atoms with Crippen LogP contribution in [0.3, 0.4) is 0 Å². The number of fused-ring (bicyclic) bond motifs is 2. The molecule has 0 aromatic carbocycles. The van der Waals surface area contributed by atoms with Crippen LogP contribution in [0.4, 0.5) is 0 Å². The summed E-state index contributed by atoms with van der Waals surface area (Å²) in [6.45, 7) is 9.18. The van der Waals surface area contributed by atoms with Gasteiger partial charge in [-0.15, -0.1) is 0 Å². The van der Waals surface area contributed by atoms with Crippen molar-refractivity contribution in [2.75, 3.05) is 110 Å². The number of aliphatic carboxylic acids is 3. The number of carboxylic acids is 3. The number of amides is 5. The number of hydrogen-bond donors (Lipinski definition) is 7. The predicted molar refractivity (Wildman–Crippen MR) is 262 cm³/mol. The number of hydrogen-bond acceptors (Lipinski definition) is 15. The third-order valence-corrected chi connectivity index (χ3v) is 14.6. The fourth-order valence-electron chi connectivity index (χ4n) is 8.47. The molecule has 0 radical (unpaired) electrons. The zero-order chi connectivity index (χ0) is 50.5. The van der Waals surface area contributed by atoms with Crippen LogP contribution in [0.15, 0.2) is 18.2 Å². The van der Waals surface area contributed by atoms with Crippen LogP contribution in [0.1, 0.15) is 71.2 Å². The molecule has 1 aromatic heterocycles. The molecule has 2 saturated heterocycles. The molecule has 70 heavy (non-hydrogen) atoms. The zero-order valence-electron chi connectivity index (χ0n) is 41.3. The number of nitrogens with zero attached hydrogens (tertiary/aromatic N) is 6. The topological polar surface area (TPSA) is 274 Å². The number of carboxylic acid groups (broad SMARTS) is 3. The quantitative estimate of drug-likeness (QED) is 0.137. The summed E-state index contributed by atoms with van der Waals surface area (Å²) in [7, 11) is 0. The summed E-state index contributed by atoms with van der Waals surface area (Å²) in [6, 6.07) is 3.94. The molecule has 21 nitrogen and oxygen atoms in total. The van der Waals surface area contributed by atoms with Crippen LogP contribution < -0.4 is 21.3 Å². The molecule has 4 rings (SSSR count). The van der Waals surface area contributed by atoms with Crippen molar-refractivity contribution < 1.29 is 73.2 Å². The molecule has 3 aliphatic rings. The Hall–Kier alpha value is -3.93. The van der Waals surface area contributed by atoms with Gasteiger partial charge in [-0.1, -0.05) is 40.2 Å². The van der Waals surface area contributed by atoms with E-state index in [0.29, 0.717) is 36.0 Å². The summed E-state index contributed by atoms with van der Waals surface area (Å²) in [5.41, 5.74) is 0.291. The average molecular weight is 1070 g/mol.